The molecule has 1 heterocycles. The summed E-state index contributed by atoms with van der Waals surface area (Å²) in [5.41, 5.74) is 1.66. The molecule has 6 nitrogen and oxygen atoms in total. The van der Waals surface area contributed by atoms with Gasteiger partial charge in [0.05, 0.1) is 21.8 Å². The van der Waals surface area contributed by atoms with Gasteiger partial charge in [-0.2, -0.15) is 0 Å². The minimum Gasteiger partial charge on any atom is -0.493 e. The summed E-state index contributed by atoms with van der Waals surface area (Å²) in [6, 6.07) is 10.7. The van der Waals surface area contributed by atoms with Crippen molar-refractivity contribution >= 4 is 50.7 Å². The molecule has 0 aromatic heterocycles. The lowest BCUT2D eigenvalue weighted by atomic mass is 9.94. The van der Waals surface area contributed by atoms with Crippen LogP contribution in [-0.2, 0) is 4.79 Å². The van der Waals surface area contributed by atoms with Crippen molar-refractivity contribution in [2.45, 2.75) is 27.7 Å². The smallest absolute Gasteiger partial charge is 0.255 e. The number of rotatable bonds is 5. The summed E-state index contributed by atoms with van der Waals surface area (Å²) in [6.45, 7) is 11.0. The SMILES string of the molecule is CCOc1ccc(C(=O)Nc2ccc(N3CCN(C(=O)C(C)(C)C)CC3)c(Cl)c2)cc1Br. The van der Waals surface area contributed by atoms with E-state index in [0.717, 1.165) is 10.2 Å². The van der Waals surface area contributed by atoms with E-state index in [-0.39, 0.29) is 17.2 Å². The Hall–Kier alpha value is -2.25. The van der Waals surface area contributed by atoms with Crippen molar-refractivity contribution < 1.29 is 14.3 Å². The van der Waals surface area contributed by atoms with Crippen molar-refractivity contribution in [2.75, 3.05) is 43.0 Å². The van der Waals surface area contributed by atoms with Gasteiger partial charge in [-0.25, -0.2) is 0 Å². The Morgan fingerprint density at radius 2 is 1.78 bits per heavy atom. The summed E-state index contributed by atoms with van der Waals surface area (Å²) in [5.74, 6) is 0.634. The van der Waals surface area contributed by atoms with Gasteiger partial charge in [-0.05, 0) is 59.3 Å². The molecule has 2 aromatic carbocycles. The van der Waals surface area contributed by atoms with E-state index in [1.807, 2.05) is 44.7 Å². The number of carbonyl (C=O) groups excluding carboxylic acids is 2. The van der Waals surface area contributed by atoms with E-state index in [4.69, 9.17) is 16.3 Å². The maximum absolute atomic E-state index is 12.7. The van der Waals surface area contributed by atoms with E-state index in [1.165, 1.54) is 0 Å². The van der Waals surface area contributed by atoms with Crippen molar-refractivity contribution in [1.82, 2.24) is 4.90 Å². The Kier molecular flexibility index (Phi) is 7.72. The molecule has 2 amide bonds. The van der Waals surface area contributed by atoms with Crippen LogP contribution in [0.25, 0.3) is 0 Å². The first kappa shape index (κ1) is 24.4. The molecule has 0 saturated carbocycles. The zero-order valence-corrected chi connectivity index (χ0v) is 21.2. The molecule has 32 heavy (non-hydrogen) atoms. The number of anilines is 2. The predicted octanol–water partition coefficient (Wildman–Crippen LogP) is 5.45. The van der Waals surface area contributed by atoms with E-state index in [9.17, 15) is 9.59 Å². The third kappa shape index (κ3) is 5.75. The van der Waals surface area contributed by atoms with Gasteiger partial charge in [0.25, 0.3) is 5.91 Å². The second-order valence-corrected chi connectivity index (χ2v) is 9.99. The summed E-state index contributed by atoms with van der Waals surface area (Å²) in [5, 5.41) is 3.45. The summed E-state index contributed by atoms with van der Waals surface area (Å²) >= 11 is 9.98. The Morgan fingerprint density at radius 3 is 2.34 bits per heavy atom. The van der Waals surface area contributed by atoms with Gasteiger partial charge in [-0.3, -0.25) is 9.59 Å². The van der Waals surface area contributed by atoms with Crippen molar-refractivity contribution in [2.24, 2.45) is 5.41 Å². The molecule has 0 radical (unpaired) electrons. The first-order valence-corrected chi connectivity index (χ1v) is 11.8. The minimum atomic E-state index is -0.376. The third-order valence-electron chi connectivity index (χ3n) is 5.25. The molecule has 1 aliphatic rings. The number of nitrogens with zero attached hydrogens (tertiary/aromatic N) is 2. The van der Waals surface area contributed by atoms with Gasteiger partial charge < -0.3 is 19.9 Å². The van der Waals surface area contributed by atoms with Crippen molar-refractivity contribution in [3.05, 3.63) is 51.5 Å². The number of hydrogen-bond acceptors (Lipinski definition) is 4. The molecule has 1 N–H and O–H groups in total. The Bertz CT molecular complexity index is 998. The fourth-order valence-corrected chi connectivity index (χ4v) is 4.38. The van der Waals surface area contributed by atoms with Crippen LogP contribution in [0.15, 0.2) is 40.9 Å². The lowest BCUT2D eigenvalue weighted by Crippen LogP contribution is -2.51. The predicted molar refractivity (Wildman–Crippen MR) is 133 cm³/mol. The summed E-state index contributed by atoms with van der Waals surface area (Å²) < 4.78 is 6.22. The van der Waals surface area contributed by atoms with E-state index < -0.39 is 0 Å². The Balaban J connectivity index is 1.64. The highest BCUT2D eigenvalue weighted by Gasteiger charge is 2.30. The quantitative estimate of drug-likeness (QED) is 0.567. The van der Waals surface area contributed by atoms with Crippen LogP contribution in [0.1, 0.15) is 38.1 Å². The average Bonchev–Trinajstić information content (AvgIpc) is 2.74. The van der Waals surface area contributed by atoms with Crippen LogP contribution in [-0.4, -0.2) is 49.5 Å². The zero-order chi connectivity index (χ0) is 23.5. The molecule has 1 fully saturated rings. The molecular weight excluding hydrogens is 494 g/mol. The summed E-state index contributed by atoms with van der Waals surface area (Å²) in [4.78, 5) is 29.2. The van der Waals surface area contributed by atoms with Gasteiger partial charge >= 0.3 is 0 Å². The van der Waals surface area contributed by atoms with Crippen molar-refractivity contribution in [3.63, 3.8) is 0 Å². The molecule has 0 aliphatic carbocycles. The van der Waals surface area contributed by atoms with E-state index >= 15 is 0 Å². The van der Waals surface area contributed by atoms with E-state index in [0.29, 0.717) is 54.8 Å². The van der Waals surface area contributed by atoms with Gasteiger partial charge in [-0.1, -0.05) is 32.4 Å². The van der Waals surface area contributed by atoms with Gasteiger partial charge in [0, 0.05) is 42.8 Å². The van der Waals surface area contributed by atoms with Crippen LogP contribution in [0.3, 0.4) is 0 Å². The van der Waals surface area contributed by atoms with Crippen LogP contribution in [0, 0.1) is 5.41 Å². The standard InChI is InChI=1S/C24H29BrClN3O3/c1-5-32-21-9-6-16(14-18(21)25)22(30)27-17-7-8-20(19(26)15-17)28-10-12-29(13-11-28)23(31)24(2,3)4/h6-9,14-15H,5,10-13H2,1-4H3,(H,27,30). The lowest BCUT2D eigenvalue weighted by Gasteiger charge is -2.39. The van der Waals surface area contributed by atoms with Crippen LogP contribution in [0.4, 0.5) is 11.4 Å². The number of hydrogen-bond donors (Lipinski definition) is 1. The van der Waals surface area contributed by atoms with Crippen LogP contribution in [0.2, 0.25) is 5.02 Å². The molecule has 2 aromatic rings. The average molecular weight is 523 g/mol. The number of nitrogens with one attached hydrogen (secondary N) is 1. The summed E-state index contributed by atoms with van der Waals surface area (Å²) in [7, 11) is 0. The third-order valence-corrected chi connectivity index (χ3v) is 6.17. The zero-order valence-electron chi connectivity index (χ0n) is 18.9. The molecule has 0 atom stereocenters. The Morgan fingerprint density at radius 1 is 1.09 bits per heavy atom. The topological polar surface area (TPSA) is 61.9 Å². The van der Waals surface area contributed by atoms with Gasteiger partial charge in [0.1, 0.15) is 5.75 Å². The monoisotopic (exact) mass is 521 g/mol. The Labute approximate surface area is 203 Å². The van der Waals surface area contributed by atoms with Crippen LogP contribution >= 0.6 is 27.5 Å². The highest BCUT2D eigenvalue weighted by molar-refractivity contribution is 9.10. The number of benzene rings is 2. The number of piperazine rings is 1. The van der Waals surface area contributed by atoms with Crippen molar-refractivity contribution in [1.29, 1.82) is 0 Å². The molecule has 0 spiro atoms. The van der Waals surface area contributed by atoms with Gasteiger partial charge in [0.15, 0.2) is 0 Å². The fraction of sp³-hybridized carbons (Fsp3) is 0.417. The van der Waals surface area contributed by atoms with E-state index in [2.05, 4.69) is 26.1 Å². The largest absolute Gasteiger partial charge is 0.493 e. The number of amides is 2. The second kappa shape index (κ2) is 10.1. The normalized spacial score (nSPS) is 14.3. The van der Waals surface area contributed by atoms with Crippen LogP contribution in [0.5, 0.6) is 5.75 Å². The molecule has 3 rings (SSSR count). The maximum atomic E-state index is 12.7. The van der Waals surface area contributed by atoms with E-state index in [1.54, 1.807) is 24.3 Å². The van der Waals surface area contributed by atoms with Gasteiger partial charge in [0.2, 0.25) is 5.91 Å². The lowest BCUT2D eigenvalue weighted by molar-refractivity contribution is -0.139. The maximum Gasteiger partial charge on any atom is 0.255 e. The molecule has 0 bridgehead atoms. The van der Waals surface area contributed by atoms with Crippen LogP contribution < -0.4 is 15.0 Å². The second-order valence-electron chi connectivity index (χ2n) is 8.73. The first-order chi connectivity index (χ1) is 15.1. The van der Waals surface area contributed by atoms with Gasteiger partial charge in [-0.15, -0.1) is 0 Å². The first-order valence-electron chi connectivity index (χ1n) is 10.7. The number of halogens is 2. The van der Waals surface area contributed by atoms with Crippen molar-refractivity contribution in [3.8, 4) is 5.75 Å². The molecular formula is C24H29BrClN3O3. The molecule has 0 unspecified atom stereocenters. The number of carbonyl (C=O) groups is 2. The highest BCUT2D eigenvalue weighted by atomic mass is 79.9. The molecule has 172 valence electrons. The highest BCUT2D eigenvalue weighted by Crippen LogP contribution is 2.31. The minimum absolute atomic E-state index is 0.169. The number of ether oxygens (including phenoxy) is 1. The molecule has 1 saturated heterocycles. The fourth-order valence-electron chi connectivity index (χ4n) is 3.58. The molecule has 1 aliphatic heterocycles. The summed E-state index contributed by atoms with van der Waals surface area (Å²) in [6.07, 6.45) is 0. The molecule has 8 heteroatoms.